The van der Waals surface area contributed by atoms with Crippen molar-refractivity contribution >= 4 is 11.8 Å². The Kier molecular flexibility index (Phi) is 5.83. The Hall–Kier alpha value is -1.06. The lowest BCUT2D eigenvalue weighted by Gasteiger charge is -2.23. The molecule has 4 heteroatoms. The van der Waals surface area contributed by atoms with Crippen LogP contribution in [0.3, 0.4) is 0 Å². The van der Waals surface area contributed by atoms with Gasteiger partial charge in [0.15, 0.2) is 0 Å². The molecule has 1 saturated carbocycles. The lowest BCUT2D eigenvalue weighted by molar-refractivity contribution is -0.133. The summed E-state index contributed by atoms with van der Waals surface area (Å²) < 4.78 is 0. The molecular formula is C15H28N2O2. The van der Waals surface area contributed by atoms with Crippen LogP contribution in [0.15, 0.2) is 0 Å². The van der Waals surface area contributed by atoms with Gasteiger partial charge in [0.1, 0.15) is 6.04 Å². The summed E-state index contributed by atoms with van der Waals surface area (Å²) in [7, 11) is 0. The van der Waals surface area contributed by atoms with Crippen LogP contribution < -0.4 is 10.6 Å². The summed E-state index contributed by atoms with van der Waals surface area (Å²) in [5, 5.41) is 5.84. The Balaban J connectivity index is 2.41. The van der Waals surface area contributed by atoms with Crippen molar-refractivity contribution in [2.45, 2.75) is 78.3 Å². The summed E-state index contributed by atoms with van der Waals surface area (Å²) in [6.07, 6.45) is 7.03. The average Bonchev–Trinajstić information content (AvgIpc) is 2.56. The molecule has 0 spiro atoms. The molecule has 2 N–H and O–H groups in total. The van der Waals surface area contributed by atoms with Crippen molar-refractivity contribution in [3.8, 4) is 0 Å². The average molecular weight is 268 g/mol. The molecule has 19 heavy (non-hydrogen) atoms. The minimum atomic E-state index is -0.463. The molecule has 0 aliphatic heterocycles. The van der Waals surface area contributed by atoms with Gasteiger partial charge < -0.3 is 10.6 Å². The number of hydrogen-bond acceptors (Lipinski definition) is 2. The largest absolute Gasteiger partial charge is 0.352 e. The van der Waals surface area contributed by atoms with E-state index in [1.165, 1.54) is 25.7 Å². The van der Waals surface area contributed by atoms with Crippen LogP contribution in [-0.2, 0) is 9.59 Å². The van der Waals surface area contributed by atoms with E-state index in [0.29, 0.717) is 0 Å². The maximum absolute atomic E-state index is 12.1. The van der Waals surface area contributed by atoms with Crippen LogP contribution in [0.1, 0.15) is 66.2 Å². The number of carbonyl (C=O) groups is 2. The molecule has 0 bridgehead atoms. The molecule has 0 aromatic carbocycles. The van der Waals surface area contributed by atoms with Crippen LogP contribution >= 0.6 is 0 Å². The van der Waals surface area contributed by atoms with E-state index in [1.807, 2.05) is 20.8 Å². The van der Waals surface area contributed by atoms with Crippen molar-refractivity contribution in [1.82, 2.24) is 10.6 Å². The number of carbonyl (C=O) groups excluding carboxylic acids is 2. The first kappa shape index (κ1) is 16.0. The molecule has 1 atom stereocenters. The minimum Gasteiger partial charge on any atom is -0.352 e. The van der Waals surface area contributed by atoms with Gasteiger partial charge in [0, 0.05) is 11.5 Å². The van der Waals surface area contributed by atoms with Gasteiger partial charge in [0.2, 0.25) is 11.8 Å². The van der Waals surface area contributed by atoms with Gasteiger partial charge in [-0.3, -0.25) is 9.59 Å². The van der Waals surface area contributed by atoms with E-state index in [1.54, 1.807) is 6.92 Å². The number of hydrogen-bond donors (Lipinski definition) is 2. The number of amides is 2. The maximum atomic E-state index is 12.1. The third-order valence-corrected chi connectivity index (χ3v) is 3.62. The summed E-state index contributed by atoms with van der Waals surface area (Å²) in [5.41, 5.74) is -0.461. The Morgan fingerprint density at radius 1 is 1.05 bits per heavy atom. The second-order valence-corrected chi connectivity index (χ2v) is 6.64. The van der Waals surface area contributed by atoms with E-state index in [-0.39, 0.29) is 17.9 Å². The van der Waals surface area contributed by atoms with Crippen molar-refractivity contribution in [1.29, 1.82) is 0 Å². The highest BCUT2D eigenvalue weighted by Crippen LogP contribution is 2.17. The Bertz CT molecular complexity index is 313. The van der Waals surface area contributed by atoms with Gasteiger partial charge in [-0.2, -0.15) is 0 Å². The maximum Gasteiger partial charge on any atom is 0.242 e. The fourth-order valence-corrected chi connectivity index (χ4v) is 2.23. The molecule has 1 aliphatic rings. The van der Waals surface area contributed by atoms with Gasteiger partial charge in [-0.15, -0.1) is 0 Å². The second-order valence-electron chi connectivity index (χ2n) is 6.64. The fraction of sp³-hybridized carbons (Fsp3) is 0.867. The van der Waals surface area contributed by atoms with E-state index in [2.05, 4.69) is 10.6 Å². The topological polar surface area (TPSA) is 58.2 Å². The highest BCUT2D eigenvalue weighted by atomic mass is 16.2. The predicted molar refractivity (Wildman–Crippen MR) is 76.7 cm³/mol. The monoisotopic (exact) mass is 268 g/mol. The van der Waals surface area contributed by atoms with E-state index >= 15 is 0 Å². The molecule has 0 radical (unpaired) electrons. The Labute approximate surface area is 116 Å². The van der Waals surface area contributed by atoms with Gasteiger partial charge in [-0.1, -0.05) is 46.5 Å². The highest BCUT2D eigenvalue weighted by molar-refractivity contribution is 5.89. The van der Waals surface area contributed by atoms with Crippen LogP contribution in [0.2, 0.25) is 0 Å². The second kappa shape index (κ2) is 6.92. The fourth-order valence-electron chi connectivity index (χ4n) is 2.23. The molecule has 1 fully saturated rings. The number of rotatable bonds is 3. The molecule has 0 aromatic heterocycles. The van der Waals surface area contributed by atoms with Gasteiger partial charge in [0.05, 0.1) is 0 Å². The Morgan fingerprint density at radius 3 is 2.05 bits per heavy atom. The Morgan fingerprint density at radius 2 is 1.58 bits per heavy atom. The zero-order valence-electron chi connectivity index (χ0n) is 12.7. The van der Waals surface area contributed by atoms with Crippen LogP contribution in [0.25, 0.3) is 0 Å². The van der Waals surface area contributed by atoms with Crippen molar-refractivity contribution in [2.75, 3.05) is 0 Å². The third-order valence-electron chi connectivity index (χ3n) is 3.62. The SMILES string of the molecule is C[C@@H](NC(=O)C(C)(C)C)C(=O)NC1CCCCCC1. The van der Waals surface area contributed by atoms with Crippen LogP contribution in [0, 0.1) is 5.41 Å². The first-order valence-electron chi connectivity index (χ1n) is 7.42. The van der Waals surface area contributed by atoms with Gasteiger partial charge in [-0.25, -0.2) is 0 Å². The number of nitrogens with one attached hydrogen (secondary N) is 2. The molecule has 4 nitrogen and oxygen atoms in total. The summed E-state index contributed by atoms with van der Waals surface area (Å²) in [4.78, 5) is 23.9. The quantitative estimate of drug-likeness (QED) is 0.772. The normalized spacial score (nSPS) is 19.4. The minimum absolute atomic E-state index is 0.0653. The smallest absolute Gasteiger partial charge is 0.242 e. The van der Waals surface area contributed by atoms with E-state index in [0.717, 1.165) is 12.8 Å². The summed E-state index contributed by atoms with van der Waals surface area (Å²) >= 11 is 0. The molecular weight excluding hydrogens is 240 g/mol. The standard InChI is InChI=1S/C15H28N2O2/c1-11(16-14(19)15(2,3)4)13(18)17-12-9-7-5-6-8-10-12/h11-12H,5-10H2,1-4H3,(H,16,19)(H,17,18)/t11-/m1/s1. The van der Waals surface area contributed by atoms with E-state index in [4.69, 9.17) is 0 Å². The van der Waals surface area contributed by atoms with Gasteiger partial charge in [0.25, 0.3) is 0 Å². The lowest BCUT2D eigenvalue weighted by Crippen LogP contribution is -2.50. The van der Waals surface area contributed by atoms with Crippen LogP contribution in [-0.4, -0.2) is 23.9 Å². The highest BCUT2D eigenvalue weighted by Gasteiger charge is 2.26. The van der Waals surface area contributed by atoms with E-state index < -0.39 is 11.5 Å². The van der Waals surface area contributed by atoms with Gasteiger partial charge >= 0.3 is 0 Å². The first-order valence-corrected chi connectivity index (χ1v) is 7.42. The first-order chi connectivity index (χ1) is 8.80. The van der Waals surface area contributed by atoms with Gasteiger partial charge in [-0.05, 0) is 19.8 Å². The van der Waals surface area contributed by atoms with E-state index in [9.17, 15) is 9.59 Å². The molecule has 1 aliphatic carbocycles. The molecule has 0 unspecified atom stereocenters. The predicted octanol–water partition coefficient (Wildman–Crippen LogP) is 2.38. The third kappa shape index (κ3) is 5.62. The summed E-state index contributed by atoms with van der Waals surface area (Å²) in [6, 6.07) is -0.182. The van der Waals surface area contributed by atoms with Crippen LogP contribution in [0.5, 0.6) is 0 Å². The van der Waals surface area contributed by atoms with Crippen LogP contribution in [0.4, 0.5) is 0 Å². The van der Waals surface area contributed by atoms with Crippen molar-refractivity contribution in [3.05, 3.63) is 0 Å². The van der Waals surface area contributed by atoms with Crippen molar-refractivity contribution in [2.24, 2.45) is 5.41 Å². The molecule has 0 heterocycles. The van der Waals surface area contributed by atoms with Crippen molar-refractivity contribution < 1.29 is 9.59 Å². The zero-order valence-corrected chi connectivity index (χ0v) is 12.7. The molecule has 0 aromatic rings. The molecule has 2 amide bonds. The zero-order chi connectivity index (χ0) is 14.5. The molecule has 0 saturated heterocycles. The summed E-state index contributed by atoms with van der Waals surface area (Å²) in [6.45, 7) is 7.28. The molecule has 110 valence electrons. The van der Waals surface area contributed by atoms with Crippen molar-refractivity contribution in [3.63, 3.8) is 0 Å². The summed E-state index contributed by atoms with van der Waals surface area (Å²) in [5.74, 6) is -0.152. The molecule has 1 rings (SSSR count). The lowest BCUT2D eigenvalue weighted by atomic mass is 9.95.